The van der Waals surface area contributed by atoms with E-state index in [-0.39, 0.29) is 0 Å². The molecule has 6 N–H and O–H groups in total. The van der Waals surface area contributed by atoms with E-state index in [0.717, 1.165) is 99.2 Å². The predicted molar refractivity (Wildman–Crippen MR) is 487 cm³/mol. The minimum atomic E-state index is -4.35. The molecule has 29 heteroatoms. The number of ether oxygens (including phenoxy) is 1. The lowest BCUT2D eigenvalue weighted by atomic mass is 10.1. The SMILES string of the molecule is COc1ccc(-c2n[nH]c(=S)n2Cc2ccccc2)cc1.Cc1ccc(-c2n[nH]c(=S)n2Cc2ccccc2)cc1.FC(F)(F)c1ccc(-c2n[nH]c(=S)n2Cc2ccccc2)cc1.S=c1[nH]nc(-c2ccc(Cl)cc2)n1Cc1ccccc1.S=c1[nH]nc(-c2ccccc2)n1-c1ccccc1.S=c1[nH]nc(-c2ccccc2)n1Cc1ccccc1. The zero-order chi connectivity index (χ0) is 84.5. The van der Waals surface area contributed by atoms with Crippen LogP contribution in [0.3, 0.4) is 0 Å². The molecule has 6 heterocycles. The van der Waals surface area contributed by atoms with Crippen LogP contribution in [-0.4, -0.2) is 95.7 Å². The third kappa shape index (κ3) is 23.2. The first-order valence-corrected chi connectivity index (χ1v) is 40.7. The van der Waals surface area contributed by atoms with Crippen molar-refractivity contribution in [2.75, 3.05) is 7.11 Å². The normalized spacial score (nSPS) is 10.8. The second-order valence-electron chi connectivity index (χ2n) is 27.1. The highest BCUT2D eigenvalue weighted by Crippen LogP contribution is 2.32. The number of rotatable bonds is 18. The maximum Gasteiger partial charge on any atom is 0.416 e. The smallest absolute Gasteiger partial charge is 0.416 e. The molecule has 18 rings (SSSR count). The molecule has 0 bridgehead atoms. The first-order chi connectivity index (χ1) is 58.9. The Morgan fingerprint density at radius 3 is 0.810 bits per heavy atom. The predicted octanol–water partition coefficient (Wildman–Crippen LogP) is 23.9. The van der Waals surface area contributed by atoms with Gasteiger partial charge in [0.25, 0.3) is 0 Å². The summed E-state index contributed by atoms with van der Waals surface area (Å²) < 4.78 is 58.4. The Balaban J connectivity index is 0.000000125. The highest BCUT2D eigenvalue weighted by molar-refractivity contribution is 7.72. The molecule has 0 unspecified atom stereocenters. The van der Waals surface area contributed by atoms with E-state index in [9.17, 15) is 13.2 Å². The number of H-pyrrole nitrogens is 6. The van der Waals surface area contributed by atoms with Crippen LogP contribution < -0.4 is 4.74 Å². The van der Waals surface area contributed by atoms with Gasteiger partial charge in [-0.15, -0.1) is 0 Å². The van der Waals surface area contributed by atoms with Crippen LogP contribution in [0.25, 0.3) is 74.0 Å². The van der Waals surface area contributed by atoms with Gasteiger partial charge in [-0.1, -0.05) is 284 Å². The number of hydrogen-bond acceptors (Lipinski definition) is 13. The number of nitrogens with one attached hydrogen (secondary N) is 6. The van der Waals surface area contributed by atoms with E-state index in [4.69, 9.17) is 89.6 Å². The van der Waals surface area contributed by atoms with Crippen molar-refractivity contribution in [1.82, 2.24) is 88.6 Å². The van der Waals surface area contributed by atoms with Crippen molar-refractivity contribution in [2.24, 2.45) is 0 Å². The molecular weight excluding hydrogens is 1660 g/mol. The Morgan fingerprint density at radius 1 is 0.289 bits per heavy atom. The molecule has 121 heavy (non-hydrogen) atoms. The topological polar surface area (TPSA) is 211 Å². The monoisotopic (exact) mass is 1730 g/mol. The summed E-state index contributed by atoms with van der Waals surface area (Å²) in [6.07, 6.45) is -4.35. The van der Waals surface area contributed by atoms with Crippen molar-refractivity contribution < 1.29 is 17.9 Å². The summed E-state index contributed by atoms with van der Waals surface area (Å²) in [5.41, 5.74) is 13.1. The molecule has 0 saturated carbocycles. The van der Waals surface area contributed by atoms with E-state index in [1.807, 2.05) is 265 Å². The molecule has 12 aromatic carbocycles. The number of alkyl halides is 3. The van der Waals surface area contributed by atoms with Crippen molar-refractivity contribution in [3.8, 4) is 79.8 Å². The van der Waals surface area contributed by atoms with Gasteiger partial charge in [0.2, 0.25) is 0 Å². The zero-order valence-corrected chi connectivity index (χ0v) is 70.8. The lowest BCUT2D eigenvalue weighted by Gasteiger charge is -2.09. The third-order valence-corrected chi connectivity index (χ3v) is 20.8. The van der Waals surface area contributed by atoms with E-state index in [1.54, 1.807) is 11.7 Å². The molecule has 0 aliphatic rings. The van der Waals surface area contributed by atoms with Crippen LogP contribution in [0, 0.1) is 35.6 Å². The van der Waals surface area contributed by atoms with Crippen molar-refractivity contribution in [3.05, 3.63) is 412 Å². The second-order valence-corrected chi connectivity index (χ2v) is 29.8. The van der Waals surface area contributed by atoms with Crippen LogP contribution in [0.4, 0.5) is 13.2 Å². The minimum Gasteiger partial charge on any atom is -0.497 e. The summed E-state index contributed by atoms with van der Waals surface area (Å²) in [4.78, 5) is 0. The fraction of sp³-hybridized carbons (Fsp3) is 0.0870. The molecule has 0 aliphatic heterocycles. The van der Waals surface area contributed by atoms with E-state index in [2.05, 4.69) is 141 Å². The van der Waals surface area contributed by atoms with Crippen molar-refractivity contribution >= 4 is 84.9 Å². The molecule has 19 nitrogen and oxygen atoms in total. The van der Waals surface area contributed by atoms with Gasteiger partial charge in [-0.2, -0.15) is 43.8 Å². The van der Waals surface area contributed by atoms with Gasteiger partial charge in [-0.05, 0) is 181 Å². The van der Waals surface area contributed by atoms with E-state index in [1.165, 1.54) is 39.9 Å². The molecule has 0 aliphatic carbocycles. The summed E-state index contributed by atoms with van der Waals surface area (Å²) in [5.74, 6) is 5.54. The molecule has 0 atom stereocenters. The average molecular weight is 1740 g/mol. The Hall–Kier alpha value is -13.3. The van der Waals surface area contributed by atoms with Gasteiger partial charge in [0.15, 0.2) is 63.6 Å². The fourth-order valence-electron chi connectivity index (χ4n) is 12.6. The number of aromatic nitrogens is 18. The Labute approximate surface area is 730 Å². The first kappa shape index (κ1) is 85.6. The summed E-state index contributed by atoms with van der Waals surface area (Å²) in [7, 11) is 1.65. The van der Waals surface area contributed by atoms with Gasteiger partial charge in [0.05, 0.1) is 45.4 Å². The Bertz CT molecular complexity index is 6520. The Morgan fingerprint density at radius 2 is 0.521 bits per heavy atom. The highest BCUT2D eigenvalue weighted by Gasteiger charge is 2.30. The number of nitrogens with zero attached hydrogens (tertiary/aromatic N) is 12. The molecule has 0 radical (unpaired) electrons. The lowest BCUT2D eigenvalue weighted by molar-refractivity contribution is -0.137. The molecule has 0 amide bonds. The van der Waals surface area contributed by atoms with Gasteiger partial charge in [-0.3, -0.25) is 58.0 Å². The maximum absolute atomic E-state index is 12.6. The van der Waals surface area contributed by atoms with E-state index < -0.39 is 11.7 Å². The molecule has 606 valence electrons. The van der Waals surface area contributed by atoms with Crippen molar-refractivity contribution in [2.45, 2.75) is 45.8 Å². The molecule has 18 aromatic rings. The molecular formula is C92H78ClF3N18OS6. The average Bonchev–Trinajstić information content (AvgIpc) is 1.75. The molecule has 6 aromatic heterocycles. The van der Waals surface area contributed by atoms with Gasteiger partial charge in [0.1, 0.15) is 5.75 Å². The quantitative estimate of drug-likeness (QED) is 0.0442. The second kappa shape index (κ2) is 41.9. The lowest BCUT2D eigenvalue weighted by Crippen LogP contribution is -2.05. The summed E-state index contributed by atoms with van der Waals surface area (Å²) in [6.45, 7) is 5.39. The molecule has 0 fully saturated rings. The first-order valence-electron chi connectivity index (χ1n) is 37.9. The standard InChI is InChI=1S/C16H12F3N3S.C16H15N3OS.C16H15N3S.C15H12ClN3S.C15H13N3S.C14H11N3S/c17-16(18,19)13-8-6-12(7-9-13)14-20-21-15(23)22(14)10-11-4-2-1-3-5-11;1-20-14-9-7-13(8-10-14)15-17-18-16(21)19(15)11-12-5-3-2-4-6-12;1-12-7-9-14(10-8-12)15-17-18-16(20)19(15)11-13-5-3-2-4-6-13;16-13-8-6-12(7-9-13)14-17-18-15(20)19(14)10-11-4-2-1-3-5-11;19-15-17-16-14(13-9-5-2-6-10-13)18(15)11-12-7-3-1-4-8-12;18-14-16-15-13(11-7-3-1-4-8-11)17(14)12-9-5-2-6-10-12/h1-9H,10H2,(H,21,23);2-10H,11H2,1H3,(H,18,21);2-10H,11H2,1H3,(H,18,20);1-9H,10H2,(H,18,20);1-10H,11H2,(H,17,19);1-10H,(H,16,18). The zero-order valence-electron chi connectivity index (χ0n) is 65.1. The number of benzene rings is 12. The highest BCUT2D eigenvalue weighted by atomic mass is 35.5. The largest absolute Gasteiger partial charge is 0.497 e. The van der Waals surface area contributed by atoms with Gasteiger partial charge >= 0.3 is 6.18 Å². The summed E-state index contributed by atoms with van der Waals surface area (Å²) in [5, 5.41) is 43.5. The van der Waals surface area contributed by atoms with Crippen LogP contribution in [-0.2, 0) is 38.9 Å². The van der Waals surface area contributed by atoms with Crippen LogP contribution in [0.15, 0.2) is 340 Å². The number of aryl methyl sites for hydroxylation is 1. The molecule has 0 saturated heterocycles. The van der Waals surface area contributed by atoms with Crippen molar-refractivity contribution in [1.29, 1.82) is 0 Å². The van der Waals surface area contributed by atoms with Crippen LogP contribution in [0.2, 0.25) is 5.02 Å². The maximum atomic E-state index is 12.6. The summed E-state index contributed by atoms with van der Waals surface area (Å²) in [6, 6.07) is 109. The number of para-hydroxylation sites is 1. The minimum absolute atomic E-state index is 0.420. The number of methoxy groups -OCH3 is 1. The van der Waals surface area contributed by atoms with Gasteiger partial charge in [-0.25, -0.2) is 0 Å². The summed E-state index contributed by atoms with van der Waals surface area (Å²) >= 11 is 37.8. The van der Waals surface area contributed by atoms with Gasteiger partial charge < -0.3 is 4.74 Å². The molecule has 0 spiro atoms. The fourth-order valence-corrected chi connectivity index (χ4v) is 13.9. The van der Waals surface area contributed by atoms with E-state index >= 15 is 0 Å². The number of aromatic amines is 6. The number of halogens is 4. The van der Waals surface area contributed by atoms with Crippen LogP contribution in [0.5, 0.6) is 5.75 Å². The Kier molecular flexibility index (Phi) is 29.6. The van der Waals surface area contributed by atoms with Gasteiger partial charge in [0, 0.05) is 44.1 Å². The van der Waals surface area contributed by atoms with Crippen molar-refractivity contribution in [3.63, 3.8) is 0 Å². The third-order valence-electron chi connectivity index (χ3n) is 18.7. The number of hydrogen-bond donors (Lipinski definition) is 6. The van der Waals surface area contributed by atoms with E-state index in [0.29, 0.717) is 64.7 Å². The van der Waals surface area contributed by atoms with Crippen LogP contribution >= 0.6 is 84.9 Å². The van der Waals surface area contributed by atoms with Crippen LogP contribution in [0.1, 0.15) is 38.9 Å².